The van der Waals surface area contributed by atoms with Gasteiger partial charge < -0.3 is 18.9 Å². The summed E-state index contributed by atoms with van der Waals surface area (Å²) in [5, 5.41) is 0. The summed E-state index contributed by atoms with van der Waals surface area (Å²) in [5.41, 5.74) is 1.65. The molecule has 0 aromatic carbocycles. The van der Waals surface area contributed by atoms with Crippen LogP contribution in [-0.4, -0.2) is 76.9 Å². The van der Waals surface area contributed by atoms with Crippen molar-refractivity contribution in [2.45, 2.75) is 227 Å². The van der Waals surface area contributed by atoms with Crippen molar-refractivity contribution >= 4 is 19.8 Å². The van der Waals surface area contributed by atoms with Crippen molar-refractivity contribution in [2.24, 2.45) is 0 Å². The molecule has 364 valence electrons. The van der Waals surface area contributed by atoms with Gasteiger partial charge in [-0.2, -0.15) is 4.52 Å². The maximum atomic E-state index is 13.0. The third-order valence-corrected chi connectivity index (χ3v) is 13.4. The number of hydrogen-bond donors (Lipinski definition) is 1. The van der Waals surface area contributed by atoms with Crippen molar-refractivity contribution in [3.8, 4) is 0 Å². The Morgan fingerprint density at radius 1 is 0.587 bits per heavy atom. The molecule has 0 bridgehead atoms. The van der Waals surface area contributed by atoms with Crippen LogP contribution >= 0.6 is 7.82 Å². The number of unbranched alkanes of at least 4 members (excludes halogenated alkanes) is 24. The zero-order chi connectivity index (χ0) is 46.5. The van der Waals surface area contributed by atoms with Crippen molar-refractivity contribution in [3.05, 3.63) is 43.2 Å². The summed E-state index contributed by atoms with van der Waals surface area (Å²) in [6, 6.07) is 0. The van der Waals surface area contributed by atoms with E-state index in [9.17, 15) is 28.6 Å². The summed E-state index contributed by atoms with van der Waals surface area (Å²) in [5.74, 6) is -0.879. The molecule has 2 aromatic heterocycles. The molecular weight excluding hydrogens is 822 g/mol. The van der Waals surface area contributed by atoms with E-state index in [1.807, 2.05) is 14.1 Å². The largest absolute Gasteiger partial charge is 0.472 e. The van der Waals surface area contributed by atoms with Gasteiger partial charge in [0.1, 0.15) is 32.0 Å². The number of ether oxygens (including phenoxy) is 2. The Bertz CT molecular complexity index is 1720. The number of aryl methyl sites for hydroxylation is 1. The van der Waals surface area contributed by atoms with E-state index in [4.69, 9.17) is 18.5 Å². The fraction of sp³-hybridized carbons (Fsp3) is 0.837. The van der Waals surface area contributed by atoms with Crippen LogP contribution in [-0.2, 0) is 39.2 Å². The van der Waals surface area contributed by atoms with Gasteiger partial charge >= 0.3 is 19.8 Å². The van der Waals surface area contributed by atoms with Crippen molar-refractivity contribution in [1.82, 2.24) is 9.03 Å². The molecular formula is C49H89N3O10P+. The summed E-state index contributed by atoms with van der Waals surface area (Å²) in [7, 11) is -0.815. The molecule has 0 aliphatic rings. The van der Waals surface area contributed by atoms with Gasteiger partial charge in [-0.3, -0.25) is 28.2 Å². The third kappa shape index (κ3) is 23.4. The van der Waals surface area contributed by atoms with Gasteiger partial charge in [-0.15, -0.1) is 0 Å². The number of nitrogens with zero attached hydrogens (tertiary/aromatic N) is 3. The Morgan fingerprint density at radius 2 is 1.00 bits per heavy atom. The molecule has 0 saturated carbocycles. The van der Waals surface area contributed by atoms with Crippen LogP contribution in [0.15, 0.2) is 9.59 Å². The predicted octanol–water partition coefficient (Wildman–Crippen LogP) is 11.2. The molecule has 1 N–H and O–H groups in total. The van der Waals surface area contributed by atoms with Gasteiger partial charge in [0.15, 0.2) is 6.10 Å². The first-order valence-electron chi connectivity index (χ1n) is 25.0. The minimum atomic E-state index is -4.60. The highest BCUT2D eigenvalue weighted by Crippen LogP contribution is 2.43. The number of hydrogen-bond acceptors (Lipinski definition) is 9. The Labute approximate surface area is 380 Å². The lowest BCUT2D eigenvalue weighted by Crippen LogP contribution is -2.42. The molecule has 0 aliphatic carbocycles. The van der Waals surface area contributed by atoms with Gasteiger partial charge in [0.05, 0.1) is 20.7 Å². The van der Waals surface area contributed by atoms with Crippen molar-refractivity contribution < 1.29 is 42.1 Å². The summed E-state index contributed by atoms with van der Waals surface area (Å²) in [6.45, 7) is 9.37. The average Bonchev–Trinajstić information content (AvgIpc) is 3.61. The Balaban J connectivity index is 1.81. The first-order chi connectivity index (χ1) is 30.1. The molecule has 0 fully saturated rings. The number of fused-ring (bicyclic) bond motifs is 1. The maximum Gasteiger partial charge on any atom is 0.472 e. The van der Waals surface area contributed by atoms with Gasteiger partial charge in [0, 0.05) is 29.7 Å². The van der Waals surface area contributed by atoms with Crippen molar-refractivity contribution in [3.63, 3.8) is 0 Å². The molecule has 63 heavy (non-hydrogen) atoms. The predicted molar refractivity (Wildman–Crippen MR) is 253 cm³/mol. The molecule has 2 heterocycles. The number of rotatable bonds is 40. The van der Waals surface area contributed by atoms with Crippen LogP contribution in [0.5, 0.6) is 0 Å². The van der Waals surface area contributed by atoms with E-state index in [0.29, 0.717) is 41.9 Å². The minimum absolute atomic E-state index is 0.158. The van der Waals surface area contributed by atoms with Gasteiger partial charge in [-0.25, -0.2) is 9.08 Å². The minimum Gasteiger partial charge on any atom is -0.462 e. The standard InChI is InChI=1S/C49H88N3O10P/c1-8-10-12-14-16-18-20-22-24-26-28-30-32-34-46(53)59-39-44(62-47(54)35-33-31-29-27-25-23-21-19-17-15-13-11-9-2)40-61-63(57,58)60-37-36-52(6,7)38-45-42(4)49(56)51-48(55)41(3)43(5)50(45)51/h44H,8-40H2,1-7H3/p+1/t44-/m1/s1. The lowest BCUT2D eigenvalue weighted by Gasteiger charge is -2.30. The van der Waals surface area contributed by atoms with Crippen LogP contribution in [0.25, 0.3) is 0 Å². The number of carbonyl (C=O) groups excluding carboxylic acids is 2. The van der Waals surface area contributed by atoms with Crippen LogP contribution in [0, 0.1) is 20.8 Å². The summed E-state index contributed by atoms with van der Waals surface area (Å²) < 4.78 is 37.9. The number of aromatic nitrogens is 2. The molecule has 0 amide bonds. The zero-order valence-electron chi connectivity index (χ0n) is 40.8. The molecule has 1 unspecified atom stereocenters. The molecule has 0 spiro atoms. The SMILES string of the molecule is CCCCCCCCCCCCCCCC(=O)OC[C@H](COP(=O)(O)OCC[N+](C)(C)Cc1c(C)c(=O)n2c(=O)c(C)c(C)n12)OC(=O)CCCCCCCCCCCCCCC. The Hall–Kier alpha value is -2.57. The molecule has 2 atom stereocenters. The molecule has 13 nitrogen and oxygen atoms in total. The van der Waals surface area contributed by atoms with E-state index in [-0.39, 0.29) is 48.2 Å². The van der Waals surface area contributed by atoms with E-state index in [1.165, 1.54) is 116 Å². The van der Waals surface area contributed by atoms with Crippen LogP contribution in [0.2, 0.25) is 0 Å². The second kappa shape index (κ2) is 32.2. The fourth-order valence-electron chi connectivity index (χ4n) is 8.14. The Kier molecular flexibility index (Phi) is 28.9. The number of esters is 2. The smallest absolute Gasteiger partial charge is 0.462 e. The highest BCUT2D eigenvalue weighted by Gasteiger charge is 2.30. The van der Waals surface area contributed by atoms with Gasteiger partial charge in [-0.1, -0.05) is 168 Å². The summed E-state index contributed by atoms with van der Waals surface area (Å²) in [4.78, 5) is 61.8. The first-order valence-corrected chi connectivity index (χ1v) is 26.5. The van der Waals surface area contributed by atoms with Gasteiger partial charge in [-0.05, 0) is 33.6 Å². The fourth-order valence-corrected chi connectivity index (χ4v) is 8.88. The van der Waals surface area contributed by atoms with Gasteiger partial charge in [0.2, 0.25) is 0 Å². The van der Waals surface area contributed by atoms with E-state index in [0.717, 1.165) is 43.0 Å². The summed E-state index contributed by atoms with van der Waals surface area (Å²) in [6.07, 6.45) is 30.5. The van der Waals surface area contributed by atoms with Crippen molar-refractivity contribution in [1.29, 1.82) is 0 Å². The van der Waals surface area contributed by atoms with Crippen molar-refractivity contribution in [2.75, 3.05) is 40.5 Å². The number of phosphoric acid groups is 1. The molecule has 14 heteroatoms. The summed E-state index contributed by atoms with van der Waals surface area (Å²) >= 11 is 0. The molecule has 0 aliphatic heterocycles. The lowest BCUT2D eigenvalue weighted by atomic mass is 10.0. The average molecular weight is 911 g/mol. The molecule has 0 radical (unpaired) electrons. The highest BCUT2D eigenvalue weighted by atomic mass is 31.2. The van der Waals surface area contributed by atoms with Crippen LogP contribution < -0.4 is 11.1 Å². The van der Waals surface area contributed by atoms with Crippen LogP contribution in [0.1, 0.15) is 216 Å². The normalized spacial score (nSPS) is 13.5. The monoisotopic (exact) mass is 911 g/mol. The maximum absolute atomic E-state index is 13.0. The Morgan fingerprint density at radius 3 is 1.46 bits per heavy atom. The van der Waals surface area contributed by atoms with Crippen LogP contribution in [0.4, 0.5) is 0 Å². The van der Waals surface area contributed by atoms with E-state index >= 15 is 0 Å². The lowest BCUT2D eigenvalue weighted by molar-refractivity contribution is -0.904. The van der Waals surface area contributed by atoms with Crippen LogP contribution in [0.3, 0.4) is 0 Å². The topological polar surface area (TPSA) is 151 Å². The number of likely N-dealkylation sites (N-methyl/N-ethyl adjacent to an activating group) is 1. The second-order valence-corrected chi connectivity index (χ2v) is 20.2. The third-order valence-electron chi connectivity index (χ3n) is 12.4. The number of quaternary nitrogens is 1. The molecule has 0 saturated heterocycles. The van der Waals surface area contributed by atoms with E-state index < -0.39 is 32.5 Å². The van der Waals surface area contributed by atoms with E-state index in [2.05, 4.69) is 13.8 Å². The number of carbonyl (C=O) groups is 2. The second-order valence-electron chi connectivity index (χ2n) is 18.7. The van der Waals surface area contributed by atoms with Gasteiger partial charge in [0.25, 0.3) is 11.1 Å². The molecule has 2 rings (SSSR count). The number of phosphoric ester groups is 1. The zero-order valence-corrected chi connectivity index (χ0v) is 41.7. The molecule has 2 aromatic rings. The highest BCUT2D eigenvalue weighted by molar-refractivity contribution is 7.47. The van der Waals surface area contributed by atoms with E-state index in [1.54, 1.807) is 25.3 Å². The quantitative estimate of drug-likeness (QED) is 0.0296. The first kappa shape index (κ1) is 56.6.